The molecule has 0 saturated carbocycles. The van der Waals surface area contributed by atoms with E-state index >= 15 is 0 Å². The molecule has 1 nitrogen and oxygen atoms in total. The van der Waals surface area contributed by atoms with E-state index in [4.69, 9.17) is 0 Å². The SMILES string of the molecule is C=C(CS)N(C)CCCI. The first-order valence-corrected chi connectivity index (χ1v) is 5.44. The lowest BCUT2D eigenvalue weighted by Gasteiger charge is -2.19. The summed E-state index contributed by atoms with van der Waals surface area (Å²) in [7, 11) is 2.06. The van der Waals surface area contributed by atoms with E-state index in [-0.39, 0.29) is 0 Å². The predicted octanol–water partition coefficient (Wildman–Crippen LogP) is 2.19. The van der Waals surface area contributed by atoms with Gasteiger partial charge in [-0.15, -0.1) is 0 Å². The van der Waals surface area contributed by atoms with Gasteiger partial charge in [-0.1, -0.05) is 29.2 Å². The van der Waals surface area contributed by atoms with Gasteiger partial charge in [0.2, 0.25) is 0 Å². The Kier molecular flexibility index (Phi) is 6.73. The second-order valence-corrected chi connectivity index (χ2v) is 3.58. The number of thiol groups is 1. The van der Waals surface area contributed by atoms with Gasteiger partial charge in [-0.25, -0.2) is 0 Å². The molecule has 0 bridgehead atoms. The zero-order valence-corrected chi connectivity index (χ0v) is 9.36. The van der Waals surface area contributed by atoms with Crippen LogP contribution in [0.5, 0.6) is 0 Å². The van der Waals surface area contributed by atoms with E-state index in [1.165, 1.54) is 10.8 Å². The molecule has 0 aromatic carbocycles. The van der Waals surface area contributed by atoms with Gasteiger partial charge in [0.1, 0.15) is 0 Å². The van der Waals surface area contributed by atoms with Crippen LogP contribution in [-0.4, -0.2) is 28.7 Å². The smallest absolute Gasteiger partial charge is 0.0298 e. The molecule has 0 heterocycles. The van der Waals surface area contributed by atoms with Gasteiger partial charge in [0.05, 0.1) is 0 Å². The van der Waals surface area contributed by atoms with Gasteiger partial charge in [0.15, 0.2) is 0 Å². The van der Waals surface area contributed by atoms with E-state index < -0.39 is 0 Å². The fourth-order valence-electron chi connectivity index (χ4n) is 0.576. The average molecular weight is 271 g/mol. The van der Waals surface area contributed by atoms with E-state index in [1.54, 1.807) is 0 Å². The van der Waals surface area contributed by atoms with Crippen molar-refractivity contribution in [1.82, 2.24) is 4.90 Å². The summed E-state index contributed by atoms with van der Waals surface area (Å²) < 4.78 is 1.21. The van der Waals surface area contributed by atoms with Crippen molar-refractivity contribution in [3.05, 3.63) is 12.3 Å². The Morgan fingerprint density at radius 2 is 2.30 bits per heavy atom. The van der Waals surface area contributed by atoms with Crippen molar-refractivity contribution in [2.24, 2.45) is 0 Å². The average Bonchev–Trinajstić information content (AvgIpc) is 1.98. The van der Waals surface area contributed by atoms with Gasteiger partial charge in [-0.2, -0.15) is 12.6 Å². The topological polar surface area (TPSA) is 3.24 Å². The summed E-state index contributed by atoms with van der Waals surface area (Å²) in [6, 6.07) is 0. The van der Waals surface area contributed by atoms with Crippen LogP contribution in [0.1, 0.15) is 6.42 Å². The Hall–Kier alpha value is 0.620. The minimum atomic E-state index is 0.762. The summed E-state index contributed by atoms with van der Waals surface area (Å²) in [6.07, 6.45) is 1.23. The molecule has 0 saturated heterocycles. The van der Waals surface area contributed by atoms with Gasteiger partial charge in [0, 0.05) is 29.5 Å². The highest BCUT2D eigenvalue weighted by molar-refractivity contribution is 14.1. The molecule has 0 aromatic heterocycles. The maximum absolute atomic E-state index is 4.13. The van der Waals surface area contributed by atoms with Crippen LogP contribution in [0.25, 0.3) is 0 Å². The van der Waals surface area contributed by atoms with Crippen molar-refractivity contribution >= 4 is 35.2 Å². The van der Waals surface area contributed by atoms with Crippen molar-refractivity contribution in [2.75, 3.05) is 23.8 Å². The summed E-state index contributed by atoms with van der Waals surface area (Å²) >= 11 is 6.51. The lowest BCUT2D eigenvalue weighted by atomic mass is 10.4. The highest BCUT2D eigenvalue weighted by Crippen LogP contribution is 2.01. The van der Waals surface area contributed by atoms with Crippen LogP contribution < -0.4 is 0 Å². The van der Waals surface area contributed by atoms with Gasteiger partial charge in [-0.3, -0.25) is 0 Å². The molecule has 0 aliphatic heterocycles. The van der Waals surface area contributed by atoms with Crippen LogP contribution in [0.15, 0.2) is 12.3 Å². The molecule has 0 unspecified atom stereocenters. The zero-order chi connectivity index (χ0) is 7.98. The molecule has 0 aliphatic carbocycles. The number of hydrogen-bond donors (Lipinski definition) is 1. The highest BCUT2D eigenvalue weighted by Gasteiger charge is 1.97. The lowest BCUT2D eigenvalue weighted by molar-refractivity contribution is 0.424. The van der Waals surface area contributed by atoms with E-state index in [0.29, 0.717) is 0 Å². The molecule has 10 heavy (non-hydrogen) atoms. The van der Waals surface area contributed by atoms with Gasteiger partial charge >= 0.3 is 0 Å². The van der Waals surface area contributed by atoms with Crippen molar-refractivity contribution in [2.45, 2.75) is 6.42 Å². The number of halogens is 1. The number of hydrogen-bond acceptors (Lipinski definition) is 2. The van der Waals surface area contributed by atoms with E-state index in [1.807, 2.05) is 0 Å². The minimum absolute atomic E-state index is 0.762. The van der Waals surface area contributed by atoms with Crippen LogP contribution in [0, 0.1) is 0 Å². The van der Waals surface area contributed by atoms with Crippen LogP contribution in [0.4, 0.5) is 0 Å². The lowest BCUT2D eigenvalue weighted by Crippen LogP contribution is -2.19. The monoisotopic (exact) mass is 271 g/mol. The van der Waals surface area contributed by atoms with Crippen molar-refractivity contribution in [3.63, 3.8) is 0 Å². The number of alkyl halides is 1. The molecular weight excluding hydrogens is 257 g/mol. The van der Waals surface area contributed by atoms with Crippen molar-refractivity contribution in [3.8, 4) is 0 Å². The summed E-state index contributed by atoms with van der Waals surface area (Å²) in [5.41, 5.74) is 1.10. The molecule has 0 radical (unpaired) electrons. The summed E-state index contributed by atoms with van der Waals surface area (Å²) in [5, 5.41) is 0. The van der Waals surface area contributed by atoms with Crippen molar-refractivity contribution in [1.29, 1.82) is 0 Å². The predicted molar refractivity (Wildman–Crippen MR) is 59.1 cm³/mol. The van der Waals surface area contributed by atoms with Crippen LogP contribution >= 0.6 is 35.2 Å². The second kappa shape index (κ2) is 6.34. The molecule has 0 aliphatic rings. The van der Waals surface area contributed by atoms with E-state index in [2.05, 4.69) is 53.7 Å². The van der Waals surface area contributed by atoms with Crippen molar-refractivity contribution < 1.29 is 0 Å². The first-order valence-electron chi connectivity index (χ1n) is 3.28. The quantitative estimate of drug-likeness (QED) is 0.456. The third-order valence-corrected chi connectivity index (χ3v) is 2.48. The molecule has 0 fully saturated rings. The number of nitrogens with zero attached hydrogens (tertiary/aromatic N) is 1. The third kappa shape index (κ3) is 4.44. The first-order chi connectivity index (χ1) is 4.72. The van der Waals surface area contributed by atoms with Crippen LogP contribution in [-0.2, 0) is 0 Å². The van der Waals surface area contributed by atoms with E-state index in [0.717, 1.165) is 18.0 Å². The highest BCUT2D eigenvalue weighted by atomic mass is 127. The fourth-order valence-corrected chi connectivity index (χ4v) is 1.16. The molecule has 0 rings (SSSR count). The number of rotatable bonds is 5. The summed E-state index contributed by atoms with van der Waals surface area (Å²) in [4.78, 5) is 2.16. The Balaban J connectivity index is 3.41. The Labute approximate surface area is 82.4 Å². The largest absolute Gasteiger partial charge is 0.378 e. The maximum Gasteiger partial charge on any atom is 0.0298 e. The standard InChI is InChI=1S/C7H14INS/c1-7(6-10)9(2)5-3-4-8/h10H,1,3-6H2,2H3. The molecule has 60 valence electrons. The molecule has 0 N–H and O–H groups in total. The molecule has 0 spiro atoms. The fraction of sp³-hybridized carbons (Fsp3) is 0.714. The second-order valence-electron chi connectivity index (χ2n) is 2.19. The molecule has 0 aromatic rings. The Bertz CT molecular complexity index is 106. The molecule has 0 atom stereocenters. The summed E-state index contributed by atoms with van der Waals surface area (Å²) in [5.74, 6) is 0.762. The summed E-state index contributed by atoms with van der Waals surface area (Å²) in [6.45, 7) is 4.97. The first kappa shape index (κ1) is 10.6. The maximum atomic E-state index is 4.13. The van der Waals surface area contributed by atoms with E-state index in [9.17, 15) is 0 Å². The van der Waals surface area contributed by atoms with Gasteiger partial charge in [-0.05, 0) is 6.42 Å². The Morgan fingerprint density at radius 1 is 1.70 bits per heavy atom. The Morgan fingerprint density at radius 3 is 2.70 bits per heavy atom. The molecule has 0 amide bonds. The molecule has 3 heteroatoms. The third-order valence-electron chi connectivity index (χ3n) is 1.35. The van der Waals surface area contributed by atoms with Crippen LogP contribution in [0.2, 0.25) is 0 Å². The van der Waals surface area contributed by atoms with Gasteiger partial charge < -0.3 is 4.90 Å². The van der Waals surface area contributed by atoms with Gasteiger partial charge in [0.25, 0.3) is 0 Å². The molecular formula is C7H14INS. The normalized spacial score (nSPS) is 9.50. The van der Waals surface area contributed by atoms with Crippen LogP contribution in [0.3, 0.4) is 0 Å². The minimum Gasteiger partial charge on any atom is -0.378 e. The zero-order valence-electron chi connectivity index (χ0n) is 6.31.